The van der Waals surface area contributed by atoms with Crippen LogP contribution in [-0.4, -0.2) is 42.1 Å². The number of hydrogen-bond donors (Lipinski definition) is 0. The van der Waals surface area contributed by atoms with Crippen LogP contribution in [0.3, 0.4) is 0 Å². The van der Waals surface area contributed by atoms with Gasteiger partial charge in [-0.25, -0.2) is 0 Å². The molecule has 2 heterocycles. The van der Waals surface area contributed by atoms with Crippen LogP contribution in [0, 0.1) is 6.92 Å². The number of carbonyl (C=O) groups is 1. The number of para-hydroxylation sites is 1. The molecule has 27 heavy (non-hydrogen) atoms. The summed E-state index contributed by atoms with van der Waals surface area (Å²) in [5.74, 6) is 0.0775. The van der Waals surface area contributed by atoms with Crippen LogP contribution in [0.1, 0.15) is 28.9 Å². The first-order valence-corrected chi connectivity index (χ1v) is 9.44. The molecular weight excluding hydrogens is 336 g/mol. The number of piperidine rings is 1. The molecule has 0 spiro atoms. The molecule has 0 N–H and O–H groups in total. The van der Waals surface area contributed by atoms with Crippen LogP contribution >= 0.6 is 0 Å². The Bertz CT molecular complexity index is 983. The molecule has 1 atom stereocenters. The molecule has 1 aliphatic heterocycles. The highest BCUT2D eigenvalue weighted by molar-refractivity contribution is 5.99. The molecule has 0 saturated carbocycles. The van der Waals surface area contributed by atoms with Gasteiger partial charge in [-0.1, -0.05) is 30.3 Å². The number of rotatable bonds is 3. The topological polar surface area (TPSA) is 42.4 Å². The van der Waals surface area contributed by atoms with Gasteiger partial charge in [0.25, 0.3) is 5.91 Å². The number of ether oxygens (including phenoxy) is 1. The van der Waals surface area contributed by atoms with E-state index >= 15 is 0 Å². The van der Waals surface area contributed by atoms with E-state index in [1.54, 1.807) is 7.11 Å². The Morgan fingerprint density at radius 2 is 2.00 bits per heavy atom. The minimum Gasteiger partial charge on any atom is -0.380 e. The Kier molecular flexibility index (Phi) is 4.90. The first-order valence-electron chi connectivity index (χ1n) is 9.44. The summed E-state index contributed by atoms with van der Waals surface area (Å²) >= 11 is 0. The van der Waals surface area contributed by atoms with E-state index < -0.39 is 0 Å². The average molecular weight is 360 g/mol. The normalized spacial score (nSPS) is 17.3. The molecule has 0 unspecified atom stereocenters. The van der Waals surface area contributed by atoms with E-state index in [4.69, 9.17) is 4.74 Å². The van der Waals surface area contributed by atoms with Crippen molar-refractivity contribution in [1.29, 1.82) is 0 Å². The van der Waals surface area contributed by atoms with E-state index in [2.05, 4.69) is 23.2 Å². The smallest absolute Gasteiger partial charge is 0.253 e. The van der Waals surface area contributed by atoms with Crippen molar-refractivity contribution in [3.05, 3.63) is 65.9 Å². The summed E-state index contributed by atoms with van der Waals surface area (Å²) < 4.78 is 5.46. The minimum atomic E-state index is 0.0775. The van der Waals surface area contributed by atoms with E-state index in [9.17, 15) is 4.79 Å². The SMILES string of the molecule is CO[C@H]1CCCN(C(=O)c2cccc(-c3cc(C)nc4ccccc34)c2)C1. The second-order valence-electron chi connectivity index (χ2n) is 7.16. The summed E-state index contributed by atoms with van der Waals surface area (Å²) in [6.07, 6.45) is 2.14. The number of carbonyl (C=O) groups excluding carboxylic acids is 1. The van der Waals surface area contributed by atoms with Gasteiger partial charge in [0.15, 0.2) is 0 Å². The molecule has 1 amide bonds. The van der Waals surface area contributed by atoms with Gasteiger partial charge in [-0.15, -0.1) is 0 Å². The number of pyridine rings is 1. The third kappa shape index (κ3) is 3.58. The summed E-state index contributed by atoms with van der Waals surface area (Å²) in [6.45, 7) is 3.46. The van der Waals surface area contributed by atoms with Gasteiger partial charge in [-0.05, 0) is 55.2 Å². The fraction of sp³-hybridized carbons (Fsp3) is 0.304. The Morgan fingerprint density at radius 1 is 1.15 bits per heavy atom. The predicted octanol–water partition coefficient (Wildman–Crippen LogP) is 4.46. The number of fused-ring (bicyclic) bond motifs is 1. The zero-order valence-corrected chi connectivity index (χ0v) is 15.8. The lowest BCUT2D eigenvalue weighted by atomic mass is 9.98. The lowest BCUT2D eigenvalue weighted by Gasteiger charge is -2.32. The molecule has 0 radical (unpaired) electrons. The number of aromatic nitrogens is 1. The summed E-state index contributed by atoms with van der Waals surface area (Å²) in [5.41, 5.74) is 4.83. The third-order valence-electron chi connectivity index (χ3n) is 5.26. The maximum absolute atomic E-state index is 13.0. The van der Waals surface area contributed by atoms with Gasteiger partial charge in [-0.2, -0.15) is 0 Å². The molecule has 3 aromatic rings. The number of likely N-dealkylation sites (tertiary alicyclic amines) is 1. The average Bonchev–Trinajstić information content (AvgIpc) is 2.72. The van der Waals surface area contributed by atoms with Gasteiger partial charge in [0.2, 0.25) is 0 Å². The highest BCUT2D eigenvalue weighted by atomic mass is 16.5. The molecule has 138 valence electrons. The fourth-order valence-electron chi connectivity index (χ4n) is 3.86. The lowest BCUT2D eigenvalue weighted by molar-refractivity contribution is 0.0269. The quantitative estimate of drug-likeness (QED) is 0.692. The van der Waals surface area contributed by atoms with Crippen molar-refractivity contribution in [2.45, 2.75) is 25.9 Å². The molecule has 4 heteroatoms. The predicted molar refractivity (Wildman–Crippen MR) is 108 cm³/mol. The molecule has 1 aliphatic rings. The summed E-state index contributed by atoms with van der Waals surface area (Å²) in [6, 6.07) is 18.2. The van der Waals surface area contributed by atoms with Gasteiger partial charge in [-0.3, -0.25) is 9.78 Å². The number of methoxy groups -OCH3 is 1. The largest absolute Gasteiger partial charge is 0.380 e. The van der Waals surface area contributed by atoms with Crippen molar-refractivity contribution < 1.29 is 9.53 Å². The maximum Gasteiger partial charge on any atom is 0.253 e. The van der Waals surface area contributed by atoms with Crippen LogP contribution in [-0.2, 0) is 4.74 Å². The first kappa shape index (κ1) is 17.7. The fourth-order valence-corrected chi connectivity index (χ4v) is 3.86. The van der Waals surface area contributed by atoms with Crippen molar-refractivity contribution in [3.8, 4) is 11.1 Å². The van der Waals surface area contributed by atoms with Crippen LogP contribution in [0.25, 0.3) is 22.0 Å². The van der Waals surface area contributed by atoms with Gasteiger partial charge >= 0.3 is 0 Å². The monoisotopic (exact) mass is 360 g/mol. The highest BCUT2D eigenvalue weighted by Crippen LogP contribution is 2.29. The van der Waals surface area contributed by atoms with Crippen LogP contribution in [0.5, 0.6) is 0 Å². The van der Waals surface area contributed by atoms with E-state index in [1.165, 1.54) is 0 Å². The number of nitrogens with zero attached hydrogens (tertiary/aromatic N) is 2. The lowest BCUT2D eigenvalue weighted by Crippen LogP contribution is -2.42. The molecule has 1 aromatic heterocycles. The summed E-state index contributed by atoms with van der Waals surface area (Å²) in [4.78, 5) is 19.6. The van der Waals surface area contributed by atoms with Crippen molar-refractivity contribution in [2.24, 2.45) is 0 Å². The van der Waals surface area contributed by atoms with Crippen molar-refractivity contribution >= 4 is 16.8 Å². The molecule has 1 fully saturated rings. The van der Waals surface area contributed by atoms with Crippen LogP contribution < -0.4 is 0 Å². The summed E-state index contributed by atoms with van der Waals surface area (Å²) in [7, 11) is 1.72. The van der Waals surface area contributed by atoms with Gasteiger partial charge in [0, 0.05) is 36.8 Å². The molecule has 0 aliphatic carbocycles. The molecule has 4 rings (SSSR count). The third-order valence-corrected chi connectivity index (χ3v) is 5.26. The first-order chi connectivity index (χ1) is 13.2. The zero-order valence-electron chi connectivity index (χ0n) is 15.8. The molecule has 2 aromatic carbocycles. The van der Waals surface area contributed by atoms with Gasteiger partial charge in [0.05, 0.1) is 11.6 Å². The number of benzene rings is 2. The number of hydrogen-bond acceptors (Lipinski definition) is 3. The van der Waals surface area contributed by atoms with Gasteiger partial charge < -0.3 is 9.64 Å². The number of aryl methyl sites for hydroxylation is 1. The van der Waals surface area contributed by atoms with E-state index in [-0.39, 0.29) is 12.0 Å². The molecule has 4 nitrogen and oxygen atoms in total. The van der Waals surface area contributed by atoms with Crippen LogP contribution in [0.2, 0.25) is 0 Å². The second kappa shape index (κ2) is 7.49. The van der Waals surface area contributed by atoms with Crippen molar-refractivity contribution in [2.75, 3.05) is 20.2 Å². The Balaban J connectivity index is 1.70. The molecule has 1 saturated heterocycles. The number of amides is 1. The van der Waals surface area contributed by atoms with E-state index in [0.717, 1.165) is 52.7 Å². The molecular formula is C23H24N2O2. The summed E-state index contributed by atoms with van der Waals surface area (Å²) in [5, 5.41) is 1.10. The van der Waals surface area contributed by atoms with Crippen LogP contribution in [0.15, 0.2) is 54.6 Å². The van der Waals surface area contributed by atoms with E-state index in [0.29, 0.717) is 6.54 Å². The van der Waals surface area contributed by atoms with Gasteiger partial charge in [0.1, 0.15) is 0 Å². The standard InChI is InChI=1S/C23H24N2O2/c1-16-13-21(20-10-3-4-11-22(20)24-16)17-7-5-8-18(14-17)23(26)25-12-6-9-19(15-25)27-2/h3-5,7-8,10-11,13-14,19H,6,9,12,15H2,1-2H3/t19-/m0/s1. The second-order valence-corrected chi connectivity index (χ2v) is 7.16. The Hall–Kier alpha value is -2.72. The zero-order chi connectivity index (χ0) is 18.8. The molecule has 0 bridgehead atoms. The minimum absolute atomic E-state index is 0.0775. The van der Waals surface area contributed by atoms with Crippen molar-refractivity contribution in [1.82, 2.24) is 9.88 Å². The van der Waals surface area contributed by atoms with E-state index in [1.807, 2.05) is 48.2 Å². The Labute approximate surface area is 159 Å². The maximum atomic E-state index is 13.0. The van der Waals surface area contributed by atoms with Crippen molar-refractivity contribution in [3.63, 3.8) is 0 Å². The Morgan fingerprint density at radius 3 is 2.85 bits per heavy atom. The van der Waals surface area contributed by atoms with Crippen LogP contribution in [0.4, 0.5) is 0 Å². The highest BCUT2D eigenvalue weighted by Gasteiger charge is 2.24.